The van der Waals surface area contributed by atoms with Gasteiger partial charge in [0.15, 0.2) is 5.13 Å². The number of carbonyl (C=O) groups is 4. The predicted octanol–water partition coefficient (Wildman–Crippen LogP) is 4.66. The highest BCUT2D eigenvalue weighted by Gasteiger charge is 2.35. The third-order valence-electron chi connectivity index (χ3n) is 5.82. The number of carbonyl (C=O) groups excluding carboxylic acids is 4. The molecule has 9 heteroatoms. The average molecular weight is 491 g/mol. The van der Waals surface area contributed by atoms with Crippen LogP contribution in [0.1, 0.15) is 76.3 Å². The summed E-state index contributed by atoms with van der Waals surface area (Å²) in [5.41, 5.74) is 3.45. The fourth-order valence-electron chi connectivity index (χ4n) is 3.92. The van der Waals surface area contributed by atoms with Crippen LogP contribution in [0.25, 0.3) is 11.3 Å². The summed E-state index contributed by atoms with van der Waals surface area (Å²) in [6.07, 6.45) is 1.61. The quantitative estimate of drug-likeness (QED) is 0.447. The zero-order chi connectivity index (χ0) is 25.1. The molecule has 2 N–H and O–H groups in total. The van der Waals surface area contributed by atoms with Gasteiger partial charge in [0.2, 0.25) is 5.91 Å². The Morgan fingerprint density at radius 3 is 2.46 bits per heavy atom. The third-order valence-corrected chi connectivity index (χ3v) is 6.58. The molecule has 0 radical (unpaired) electrons. The molecular weight excluding hydrogens is 464 g/mol. The minimum atomic E-state index is -0.402. The Morgan fingerprint density at radius 1 is 1.06 bits per heavy atom. The number of thiazole rings is 1. The molecule has 1 aromatic heterocycles. The van der Waals surface area contributed by atoms with Crippen molar-refractivity contribution < 1.29 is 19.2 Å². The van der Waals surface area contributed by atoms with Crippen molar-refractivity contribution in [3.8, 4) is 11.3 Å². The summed E-state index contributed by atoms with van der Waals surface area (Å²) < 4.78 is 0. The molecule has 1 atom stereocenters. The van der Waals surface area contributed by atoms with Crippen LogP contribution >= 0.6 is 11.3 Å². The molecule has 180 valence electrons. The summed E-state index contributed by atoms with van der Waals surface area (Å²) in [6.45, 7) is 5.77. The van der Waals surface area contributed by atoms with Crippen molar-refractivity contribution in [2.75, 3.05) is 11.9 Å². The van der Waals surface area contributed by atoms with Crippen molar-refractivity contribution in [2.45, 2.75) is 39.7 Å². The monoisotopic (exact) mass is 490 g/mol. The molecule has 2 aromatic carbocycles. The topological polar surface area (TPSA) is 108 Å². The summed E-state index contributed by atoms with van der Waals surface area (Å²) in [5.74, 6) is -1.16. The van der Waals surface area contributed by atoms with Crippen LogP contribution in [-0.4, -0.2) is 40.1 Å². The van der Waals surface area contributed by atoms with Gasteiger partial charge in [-0.1, -0.05) is 37.6 Å². The first kappa shape index (κ1) is 24.3. The van der Waals surface area contributed by atoms with Crippen molar-refractivity contribution in [1.82, 2.24) is 15.2 Å². The van der Waals surface area contributed by atoms with E-state index in [1.165, 1.54) is 35.3 Å². The molecular formula is C26H26N4O4S. The number of hydrogen-bond donors (Lipinski definition) is 2. The van der Waals surface area contributed by atoms with Gasteiger partial charge in [-0.3, -0.25) is 29.4 Å². The molecule has 35 heavy (non-hydrogen) atoms. The number of amides is 4. The number of benzene rings is 2. The SMILES string of the molecule is CCCCN1C(=O)c2ccc(C(=O)Nc3nc(-c4ccc(C(C)NC(C)=O)cc4)cs3)cc2C1=O. The van der Waals surface area contributed by atoms with Crippen LogP contribution in [-0.2, 0) is 4.79 Å². The molecule has 0 saturated heterocycles. The van der Waals surface area contributed by atoms with Gasteiger partial charge >= 0.3 is 0 Å². The van der Waals surface area contributed by atoms with E-state index in [-0.39, 0.29) is 34.9 Å². The first-order chi connectivity index (χ1) is 16.8. The molecule has 0 fully saturated rings. The third kappa shape index (κ3) is 5.14. The number of aromatic nitrogens is 1. The van der Waals surface area contributed by atoms with E-state index in [1.807, 2.05) is 43.5 Å². The van der Waals surface area contributed by atoms with E-state index in [0.29, 0.717) is 22.9 Å². The van der Waals surface area contributed by atoms with Crippen LogP contribution in [0, 0.1) is 0 Å². The number of rotatable bonds is 8. The highest BCUT2D eigenvalue weighted by atomic mass is 32.1. The van der Waals surface area contributed by atoms with E-state index >= 15 is 0 Å². The Labute approximate surface area is 207 Å². The Morgan fingerprint density at radius 2 is 1.77 bits per heavy atom. The minimum absolute atomic E-state index is 0.0883. The number of imide groups is 1. The van der Waals surface area contributed by atoms with E-state index in [9.17, 15) is 19.2 Å². The zero-order valence-corrected chi connectivity index (χ0v) is 20.6. The Balaban J connectivity index is 1.45. The molecule has 0 saturated carbocycles. The van der Waals surface area contributed by atoms with Gasteiger partial charge in [0.1, 0.15) is 0 Å². The van der Waals surface area contributed by atoms with Crippen LogP contribution in [0.4, 0.5) is 5.13 Å². The predicted molar refractivity (Wildman–Crippen MR) is 134 cm³/mol. The summed E-state index contributed by atoms with van der Waals surface area (Å²) in [5, 5.41) is 7.89. The second-order valence-electron chi connectivity index (χ2n) is 8.41. The standard InChI is InChI=1S/C26H26N4O4S/c1-4-5-12-30-24(33)20-11-10-19(13-21(20)25(30)34)23(32)29-26-28-22(14-35-26)18-8-6-17(7-9-18)15(2)27-16(3)31/h6-11,13-15H,4-5,12H2,1-3H3,(H,27,31)(H,28,29,32). The summed E-state index contributed by atoms with van der Waals surface area (Å²) in [7, 11) is 0. The maximum atomic E-state index is 12.8. The highest BCUT2D eigenvalue weighted by Crippen LogP contribution is 2.28. The number of fused-ring (bicyclic) bond motifs is 1. The average Bonchev–Trinajstić information content (AvgIpc) is 3.40. The van der Waals surface area contributed by atoms with Gasteiger partial charge in [0.05, 0.1) is 22.9 Å². The molecule has 0 spiro atoms. The zero-order valence-electron chi connectivity index (χ0n) is 19.8. The van der Waals surface area contributed by atoms with Crippen LogP contribution in [0.5, 0.6) is 0 Å². The fourth-order valence-corrected chi connectivity index (χ4v) is 4.63. The van der Waals surface area contributed by atoms with Crippen LogP contribution in [0.2, 0.25) is 0 Å². The van der Waals surface area contributed by atoms with Gasteiger partial charge in [0, 0.05) is 30.0 Å². The minimum Gasteiger partial charge on any atom is -0.350 e. The lowest BCUT2D eigenvalue weighted by Crippen LogP contribution is -2.30. The first-order valence-corrected chi connectivity index (χ1v) is 12.3. The summed E-state index contributed by atoms with van der Waals surface area (Å²) in [6, 6.07) is 12.2. The van der Waals surface area contributed by atoms with Crippen molar-refractivity contribution in [3.63, 3.8) is 0 Å². The van der Waals surface area contributed by atoms with Crippen LogP contribution in [0.15, 0.2) is 47.8 Å². The molecule has 0 aliphatic carbocycles. The van der Waals surface area contributed by atoms with E-state index < -0.39 is 5.91 Å². The molecule has 8 nitrogen and oxygen atoms in total. The van der Waals surface area contributed by atoms with Crippen molar-refractivity contribution in [3.05, 3.63) is 70.1 Å². The van der Waals surface area contributed by atoms with Crippen LogP contribution < -0.4 is 10.6 Å². The second kappa shape index (κ2) is 10.2. The van der Waals surface area contributed by atoms with Gasteiger partial charge in [-0.25, -0.2) is 4.98 Å². The van der Waals surface area contributed by atoms with Gasteiger partial charge in [-0.05, 0) is 37.1 Å². The molecule has 3 aromatic rings. The van der Waals surface area contributed by atoms with Crippen LogP contribution in [0.3, 0.4) is 0 Å². The molecule has 0 bridgehead atoms. The molecule has 4 amide bonds. The molecule has 2 heterocycles. The Kier molecular flexibility index (Phi) is 7.07. The van der Waals surface area contributed by atoms with Gasteiger partial charge in [-0.2, -0.15) is 0 Å². The number of hydrogen-bond acceptors (Lipinski definition) is 6. The lowest BCUT2D eigenvalue weighted by Gasteiger charge is -2.13. The lowest BCUT2D eigenvalue weighted by atomic mass is 10.0. The molecule has 1 unspecified atom stereocenters. The first-order valence-electron chi connectivity index (χ1n) is 11.4. The van der Waals surface area contributed by atoms with Crippen molar-refractivity contribution in [1.29, 1.82) is 0 Å². The number of nitrogens with zero attached hydrogens (tertiary/aromatic N) is 2. The number of nitrogens with one attached hydrogen (secondary N) is 2. The summed E-state index contributed by atoms with van der Waals surface area (Å²) >= 11 is 1.29. The second-order valence-corrected chi connectivity index (χ2v) is 9.27. The molecule has 4 rings (SSSR count). The summed E-state index contributed by atoms with van der Waals surface area (Å²) in [4.78, 5) is 55.0. The maximum Gasteiger partial charge on any atom is 0.261 e. The van der Waals surface area contributed by atoms with Crippen molar-refractivity contribution in [2.24, 2.45) is 0 Å². The van der Waals surface area contributed by atoms with Gasteiger partial charge < -0.3 is 5.32 Å². The number of unbranched alkanes of at least 4 members (excludes halogenated alkanes) is 1. The maximum absolute atomic E-state index is 12.8. The lowest BCUT2D eigenvalue weighted by molar-refractivity contribution is -0.119. The number of anilines is 1. The smallest absolute Gasteiger partial charge is 0.261 e. The molecule has 1 aliphatic heterocycles. The van der Waals surface area contributed by atoms with Gasteiger partial charge in [0.25, 0.3) is 17.7 Å². The van der Waals surface area contributed by atoms with Gasteiger partial charge in [-0.15, -0.1) is 11.3 Å². The van der Waals surface area contributed by atoms with E-state index in [1.54, 1.807) is 6.07 Å². The largest absolute Gasteiger partial charge is 0.350 e. The highest BCUT2D eigenvalue weighted by molar-refractivity contribution is 7.14. The fraction of sp³-hybridized carbons (Fsp3) is 0.269. The Hall–Kier alpha value is -3.85. The van der Waals surface area contributed by atoms with E-state index in [0.717, 1.165) is 24.0 Å². The van der Waals surface area contributed by atoms with Crippen molar-refractivity contribution >= 4 is 40.1 Å². The molecule has 1 aliphatic rings. The van der Waals surface area contributed by atoms with E-state index in [2.05, 4.69) is 15.6 Å². The normalized spacial score (nSPS) is 13.5. The Bertz CT molecular complexity index is 1300. The van der Waals surface area contributed by atoms with E-state index in [4.69, 9.17) is 0 Å².